The van der Waals surface area contributed by atoms with Gasteiger partial charge in [0.2, 0.25) is 0 Å². The van der Waals surface area contributed by atoms with Crippen molar-refractivity contribution >= 4 is 17.3 Å². The van der Waals surface area contributed by atoms with Crippen LogP contribution in [0.25, 0.3) is 0 Å². The number of carbonyl (C=O) groups excluding carboxylic acids is 1. The highest BCUT2D eigenvalue weighted by Gasteiger charge is 2.25. The zero-order valence-electron chi connectivity index (χ0n) is 12.0. The second kappa shape index (κ2) is 6.04. The average molecular weight is 299 g/mol. The maximum Gasteiger partial charge on any atom is 0.295 e. The van der Waals surface area contributed by atoms with E-state index in [2.05, 4.69) is 5.32 Å². The van der Waals surface area contributed by atoms with Crippen LogP contribution in [-0.4, -0.2) is 28.6 Å². The molecule has 0 fully saturated rings. The van der Waals surface area contributed by atoms with Crippen LogP contribution in [0.1, 0.15) is 31.1 Å². The quantitative estimate of drug-likeness (QED) is 0.442. The summed E-state index contributed by atoms with van der Waals surface area (Å²) in [6.45, 7) is 5.27. The molecule has 0 spiro atoms. The van der Waals surface area contributed by atoms with Gasteiger partial charge in [0.1, 0.15) is 11.5 Å². The fraction of sp³-hybridized carbons (Fsp3) is 0.462. The minimum Gasteiger partial charge on any atom is -0.393 e. The number of hydrogen-bond acceptors (Lipinski definition) is 5. The Hall–Kier alpha value is -2.22. The summed E-state index contributed by atoms with van der Waals surface area (Å²) in [5.74, 6) is -1.71. The van der Waals surface area contributed by atoms with Gasteiger partial charge >= 0.3 is 0 Å². The summed E-state index contributed by atoms with van der Waals surface area (Å²) in [5.41, 5.74) is 3.65. The van der Waals surface area contributed by atoms with Gasteiger partial charge in [-0.1, -0.05) is 20.8 Å². The number of halogens is 1. The van der Waals surface area contributed by atoms with Crippen LogP contribution in [0.4, 0.5) is 15.8 Å². The number of aliphatic hydroxyl groups excluding tert-OH is 1. The Bertz CT molecular complexity index is 569. The highest BCUT2D eigenvalue weighted by molar-refractivity contribution is 6.01. The van der Waals surface area contributed by atoms with Crippen molar-refractivity contribution < 1.29 is 19.2 Å². The molecule has 0 saturated heterocycles. The van der Waals surface area contributed by atoms with Crippen LogP contribution in [0.2, 0.25) is 0 Å². The second-order valence-electron chi connectivity index (χ2n) is 5.74. The summed E-state index contributed by atoms with van der Waals surface area (Å²) >= 11 is 0. The summed E-state index contributed by atoms with van der Waals surface area (Å²) < 4.78 is 13.3. The number of benzene rings is 1. The van der Waals surface area contributed by atoms with Crippen molar-refractivity contribution in [1.29, 1.82) is 0 Å². The van der Waals surface area contributed by atoms with Crippen molar-refractivity contribution in [3.8, 4) is 0 Å². The third-order valence-electron chi connectivity index (χ3n) is 3.02. The molecule has 1 atom stereocenters. The predicted molar refractivity (Wildman–Crippen MR) is 75.3 cm³/mol. The van der Waals surface area contributed by atoms with Gasteiger partial charge in [0.15, 0.2) is 0 Å². The Kier molecular flexibility index (Phi) is 4.84. The first-order valence-corrected chi connectivity index (χ1v) is 6.23. The highest BCUT2D eigenvalue weighted by Crippen LogP contribution is 2.26. The van der Waals surface area contributed by atoms with Crippen LogP contribution in [0.15, 0.2) is 12.1 Å². The average Bonchev–Trinajstić information content (AvgIpc) is 2.36. The van der Waals surface area contributed by atoms with E-state index in [1.807, 2.05) is 0 Å². The number of nitrogens with zero attached hydrogens (tertiary/aromatic N) is 1. The summed E-state index contributed by atoms with van der Waals surface area (Å²) in [6, 6.07) is 1.47. The lowest BCUT2D eigenvalue weighted by molar-refractivity contribution is -0.384. The molecule has 1 rings (SSSR count). The number of rotatable bonds is 4. The van der Waals surface area contributed by atoms with Crippen LogP contribution in [-0.2, 0) is 0 Å². The van der Waals surface area contributed by atoms with Crippen LogP contribution in [0, 0.1) is 21.3 Å². The van der Waals surface area contributed by atoms with Crippen LogP contribution in [0.5, 0.6) is 0 Å². The SMILES string of the molecule is CC(C)(C)C(O)CNC(=O)c1cc(F)cc([N+](=O)[O-])c1N. The topological polar surface area (TPSA) is 118 Å². The van der Waals surface area contributed by atoms with Gasteiger partial charge in [-0.2, -0.15) is 0 Å². The first-order valence-electron chi connectivity index (χ1n) is 6.23. The number of anilines is 1. The van der Waals surface area contributed by atoms with Crippen molar-refractivity contribution in [2.24, 2.45) is 5.41 Å². The number of carbonyl (C=O) groups is 1. The van der Waals surface area contributed by atoms with E-state index in [-0.39, 0.29) is 12.1 Å². The molecule has 1 amide bonds. The number of nitrogens with two attached hydrogens (primary N) is 1. The maximum atomic E-state index is 13.3. The normalized spacial score (nSPS) is 12.8. The Morgan fingerprint density at radius 2 is 2.10 bits per heavy atom. The second-order valence-corrected chi connectivity index (χ2v) is 5.74. The Morgan fingerprint density at radius 3 is 2.57 bits per heavy atom. The third kappa shape index (κ3) is 4.12. The fourth-order valence-corrected chi connectivity index (χ4v) is 1.53. The summed E-state index contributed by atoms with van der Waals surface area (Å²) in [5, 5.41) is 22.9. The zero-order valence-corrected chi connectivity index (χ0v) is 12.0. The van der Waals surface area contributed by atoms with Gasteiger partial charge in [-0.25, -0.2) is 4.39 Å². The summed E-state index contributed by atoms with van der Waals surface area (Å²) in [7, 11) is 0. The molecule has 7 nitrogen and oxygen atoms in total. The molecule has 0 saturated carbocycles. The van der Waals surface area contributed by atoms with Crippen LogP contribution < -0.4 is 11.1 Å². The predicted octanol–water partition coefficient (Wildman–Crippen LogP) is 1.45. The molecular formula is C13H18FN3O4. The van der Waals surface area contributed by atoms with E-state index in [4.69, 9.17) is 5.73 Å². The third-order valence-corrected chi connectivity index (χ3v) is 3.02. The smallest absolute Gasteiger partial charge is 0.295 e. The van der Waals surface area contributed by atoms with Gasteiger partial charge in [-0.3, -0.25) is 14.9 Å². The maximum absolute atomic E-state index is 13.3. The van der Waals surface area contributed by atoms with Gasteiger partial charge in [0.05, 0.1) is 22.7 Å². The lowest BCUT2D eigenvalue weighted by Gasteiger charge is -2.25. The molecule has 0 aliphatic carbocycles. The number of nitro groups is 1. The van der Waals surface area contributed by atoms with Crippen molar-refractivity contribution in [2.75, 3.05) is 12.3 Å². The molecule has 0 aromatic heterocycles. The molecule has 0 radical (unpaired) electrons. The fourth-order valence-electron chi connectivity index (χ4n) is 1.53. The number of nitro benzene ring substituents is 1. The molecule has 0 bridgehead atoms. The van der Waals surface area contributed by atoms with E-state index >= 15 is 0 Å². The standard InChI is InChI=1S/C13H18FN3O4/c1-13(2,3)10(18)6-16-12(19)8-4-7(14)5-9(11(8)15)17(20)21/h4-5,10,18H,6,15H2,1-3H3,(H,16,19). The Balaban J connectivity index is 2.96. The molecule has 4 N–H and O–H groups in total. The number of aliphatic hydroxyl groups is 1. The first kappa shape index (κ1) is 16.8. The Morgan fingerprint density at radius 1 is 1.52 bits per heavy atom. The molecule has 21 heavy (non-hydrogen) atoms. The van der Waals surface area contributed by atoms with E-state index in [9.17, 15) is 24.4 Å². The van der Waals surface area contributed by atoms with Crippen molar-refractivity contribution in [3.05, 3.63) is 33.6 Å². The van der Waals surface area contributed by atoms with Gasteiger partial charge < -0.3 is 16.2 Å². The van der Waals surface area contributed by atoms with Crippen molar-refractivity contribution in [3.63, 3.8) is 0 Å². The molecular weight excluding hydrogens is 281 g/mol. The lowest BCUT2D eigenvalue weighted by Crippen LogP contribution is -2.39. The van der Waals surface area contributed by atoms with E-state index < -0.39 is 39.5 Å². The zero-order chi connectivity index (χ0) is 16.4. The van der Waals surface area contributed by atoms with E-state index in [1.165, 1.54) is 0 Å². The number of nitrogen functional groups attached to an aromatic ring is 1. The van der Waals surface area contributed by atoms with E-state index in [0.29, 0.717) is 6.07 Å². The first-order chi connectivity index (χ1) is 9.54. The molecule has 1 aromatic rings. The summed E-state index contributed by atoms with van der Waals surface area (Å²) in [4.78, 5) is 21.8. The number of amides is 1. The highest BCUT2D eigenvalue weighted by atomic mass is 19.1. The van der Waals surface area contributed by atoms with Gasteiger partial charge in [0.25, 0.3) is 11.6 Å². The van der Waals surface area contributed by atoms with E-state index in [0.717, 1.165) is 6.07 Å². The van der Waals surface area contributed by atoms with E-state index in [1.54, 1.807) is 20.8 Å². The number of nitrogens with one attached hydrogen (secondary N) is 1. The molecule has 0 aliphatic rings. The van der Waals surface area contributed by atoms with Gasteiger partial charge in [-0.05, 0) is 11.5 Å². The molecule has 0 heterocycles. The van der Waals surface area contributed by atoms with Crippen LogP contribution in [0.3, 0.4) is 0 Å². The van der Waals surface area contributed by atoms with Gasteiger partial charge in [-0.15, -0.1) is 0 Å². The van der Waals surface area contributed by atoms with Crippen LogP contribution >= 0.6 is 0 Å². The minimum absolute atomic E-state index is 0.0773. The lowest BCUT2D eigenvalue weighted by atomic mass is 9.89. The summed E-state index contributed by atoms with van der Waals surface area (Å²) in [6.07, 6.45) is -0.828. The van der Waals surface area contributed by atoms with Crippen molar-refractivity contribution in [1.82, 2.24) is 5.32 Å². The Labute approximate surface area is 121 Å². The molecule has 0 aliphatic heterocycles. The minimum atomic E-state index is -0.933. The molecule has 8 heteroatoms. The largest absolute Gasteiger partial charge is 0.393 e. The van der Waals surface area contributed by atoms with Gasteiger partial charge in [0, 0.05) is 6.54 Å². The monoisotopic (exact) mass is 299 g/mol. The number of hydrogen-bond donors (Lipinski definition) is 3. The molecule has 1 unspecified atom stereocenters. The van der Waals surface area contributed by atoms with Crippen molar-refractivity contribution in [2.45, 2.75) is 26.9 Å². The molecule has 1 aromatic carbocycles. The molecule has 116 valence electrons.